The van der Waals surface area contributed by atoms with Crippen molar-refractivity contribution in [3.63, 3.8) is 0 Å². The number of rotatable bonds is 4. The predicted octanol–water partition coefficient (Wildman–Crippen LogP) is 2.76. The molecular formula is C20H19NO5. The lowest BCUT2D eigenvalue weighted by atomic mass is 9.95. The summed E-state index contributed by atoms with van der Waals surface area (Å²) in [4.78, 5) is 26.1. The molecule has 2 aromatic carbocycles. The van der Waals surface area contributed by atoms with Crippen LogP contribution >= 0.6 is 0 Å². The van der Waals surface area contributed by atoms with E-state index in [1.165, 1.54) is 4.90 Å². The Morgan fingerprint density at radius 2 is 1.42 bits per heavy atom. The summed E-state index contributed by atoms with van der Waals surface area (Å²) >= 11 is 0. The number of aliphatic hydroxyl groups excluding tert-OH is 1. The highest BCUT2D eigenvalue weighted by Gasteiger charge is 2.44. The van der Waals surface area contributed by atoms with E-state index in [0.29, 0.717) is 22.6 Å². The zero-order valence-electron chi connectivity index (χ0n) is 14.7. The molecule has 1 atom stereocenters. The van der Waals surface area contributed by atoms with Crippen LogP contribution < -0.4 is 9.47 Å². The molecular weight excluding hydrogens is 334 g/mol. The highest BCUT2D eigenvalue weighted by Crippen LogP contribution is 2.38. The summed E-state index contributed by atoms with van der Waals surface area (Å²) in [6, 6.07) is 13.0. The molecule has 1 saturated heterocycles. The van der Waals surface area contributed by atoms with E-state index in [4.69, 9.17) is 9.47 Å². The first-order valence-electron chi connectivity index (χ1n) is 8.01. The van der Waals surface area contributed by atoms with E-state index in [1.54, 1.807) is 69.8 Å². The van der Waals surface area contributed by atoms with E-state index >= 15 is 0 Å². The largest absolute Gasteiger partial charge is 0.507 e. The number of benzene rings is 2. The van der Waals surface area contributed by atoms with Crippen molar-refractivity contribution < 1.29 is 24.2 Å². The Morgan fingerprint density at radius 1 is 0.923 bits per heavy atom. The molecule has 6 heteroatoms. The van der Waals surface area contributed by atoms with Crippen molar-refractivity contribution in [1.29, 1.82) is 0 Å². The molecule has 0 bridgehead atoms. The Labute approximate surface area is 151 Å². The quantitative estimate of drug-likeness (QED) is 0.520. The number of carbonyl (C=O) groups is 2. The number of ether oxygens (including phenoxy) is 2. The lowest BCUT2D eigenvalue weighted by molar-refractivity contribution is -0.139. The fraction of sp³-hybridized carbons (Fsp3) is 0.200. The van der Waals surface area contributed by atoms with Gasteiger partial charge in [-0.2, -0.15) is 0 Å². The minimum Gasteiger partial charge on any atom is -0.507 e. The van der Waals surface area contributed by atoms with Crippen LogP contribution in [0.3, 0.4) is 0 Å². The van der Waals surface area contributed by atoms with Crippen LogP contribution in [0.15, 0.2) is 54.1 Å². The van der Waals surface area contributed by atoms with Crippen LogP contribution in [-0.2, 0) is 9.59 Å². The monoisotopic (exact) mass is 353 g/mol. The number of amides is 1. The number of likely N-dealkylation sites (N-methyl/N-ethyl adjacent to an activating group) is 1. The van der Waals surface area contributed by atoms with Gasteiger partial charge in [0.15, 0.2) is 0 Å². The summed E-state index contributed by atoms with van der Waals surface area (Å²) in [6.07, 6.45) is 0. The van der Waals surface area contributed by atoms with Crippen molar-refractivity contribution in [1.82, 2.24) is 4.90 Å². The molecule has 6 nitrogen and oxygen atoms in total. The maximum Gasteiger partial charge on any atom is 0.295 e. The summed E-state index contributed by atoms with van der Waals surface area (Å²) in [6.45, 7) is 0. The number of likely N-dealkylation sites (tertiary alicyclic amines) is 1. The van der Waals surface area contributed by atoms with Crippen molar-refractivity contribution in [2.24, 2.45) is 0 Å². The molecule has 0 unspecified atom stereocenters. The average molecular weight is 353 g/mol. The van der Waals surface area contributed by atoms with Gasteiger partial charge in [0.1, 0.15) is 17.3 Å². The van der Waals surface area contributed by atoms with Gasteiger partial charge in [-0.3, -0.25) is 9.59 Å². The van der Waals surface area contributed by atoms with Gasteiger partial charge in [0.2, 0.25) is 0 Å². The first-order chi connectivity index (χ1) is 12.5. The molecule has 0 aromatic heterocycles. The van der Waals surface area contributed by atoms with Crippen molar-refractivity contribution in [3.05, 3.63) is 65.2 Å². The molecule has 1 fully saturated rings. The van der Waals surface area contributed by atoms with Crippen molar-refractivity contribution >= 4 is 17.4 Å². The highest BCUT2D eigenvalue weighted by molar-refractivity contribution is 6.46. The van der Waals surface area contributed by atoms with Crippen molar-refractivity contribution in [3.8, 4) is 11.5 Å². The van der Waals surface area contributed by atoms with E-state index in [1.807, 2.05) is 0 Å². The molecule has 1 N–H and O–H groups in total. The Hall–Kier alpha value is -3.28. The van der Waals surface area contributed by atoms with E-state index in [9.17, 15) is 14.7 Å². The Bertz CT molecular complexity index is 868. The molecule has 134 valence electrons. The Balaban J connectivity index is 2.10. The van der Waals surface area contributed by atoms with Gasteiger partial charge in [0.05, 0.1) is 25.8 Å². The molecule has 1 heterocycles. The molecule has 3 rings (SSSR count). The van der Waals surface area contributed by atoms with Gasteiger partial charge in [-0.15, -0.1) is 0 Å². The van der Waals surface area contributed by atoms with Crippen LogP contribution in [-0.4, -0.2) is 43.0 Å². The predicted molar refractivity (Wildman–Crippen MR) is 96.1 cm³/mol. The molecule has 0 aliphatic carbocycles. The van der Waals surface area contributed by atoms with Crippen LogP contribution in [0.25, 0.3) is 5.76 Å². The van der Waals surface area contributed by atoms with Crippen molar-refractivity contribution in [2.45, 2.75) is 6.04 Å². The minimum atomic E-state index is -0.707. The third-order valence-corrected chi connectivity index (χ3v) is 4.47. The standard InChI is InChI=1S/C20H19NO5/c1-21-17(12-4-8-14(25-2)9-5-12)16(19(23)20(21)24)18(22)13-6-10-15(26-3)11-7-13/h4-11,17,22H,1-3H3/b18-16+/t17-/m0/s1. The van der Waals surface area contributed by atoms with Crippen LogP contribution in [0.4, 0.5) is 0 Å². The smallest absolute Gasteiger partial charge is 0.295 e. The fourth-order valence-electron chi connectivity index (χ4n) is 3.03. The summed E-state index contributed by atoms with van der Waals surface area (Å²) in [5, 5.41) is 10.7. The molecule has 1 aliphatic heterocycles. The maximum atomic E-state index is 12.5. The molecule has 0 radical (unpaired) electrons. The molecule has 0 spiro atoms. The number of hydrogen-bond acceptors (Lipinski definition) is 5. The van der Waals surface area contributed by atoms with Crippen LogP contribution in [0.2, 0.25) is 0 Å². The van der Waals surface area contributed by atoms with Crippen molar-refractivity contribution in [2.75, 3.05) is 21.3 Å². The SMILES string of the molecule is COc1ccc(/C(O)=C2\C(=O)C(=O)N(C)[C@H]2c2ccc(OC)cc2)cc1. The summed E-state index contributed by atoms with van der Waals surface area (Å²) in [7, 11) is 4.65. The molecule has 0 saturated carbocycles. The van der Waals surface area contributed by atoms with E-state index in [2.05, 4.69) is 0 Å². The first-order valence-corrected chi connectivity index (χ1v) is 8.01. The highest BCUT2D eigenvalue weighted by atomic mass is 16.5. The number of nitrogens with zero attached hydrogens (tertiary/aromatic N) is 1. The molecule has 1 amide bonds. The van der Waals surface area contributed by atoms with Gasteiger partial charge in [0, 0.05) is 12.6 Å². The number of methoxy groups -OCH3 is 2. The zero-order chi connectivity index (χ0) is 18.8. The van der Waals surface area contributed by atoms with E-state index in [-0.39, 0.29) is 11.3 Å². The Morgan fingerprint density at radius 3 is 1.92 bits per heavy atom. The van der Waals surface area contributed by atoms with E-state index < -0.39 is 17.7 Å². The number of aliphatic hydroxyl groups is 1. The van der Waals surface area contributed by atoms with Gasteiger partial charge in [-0.05, 0) is 42.0 Å². The van der Waals surface area contributed by atoms with Gasteiger partial charge >= 0.3 is 0 Å². The maximum absolute atomic E-state index is 12.5. The minimum absolute atomic E-state index is 0.0628. The fourth-order valence-corrected chi connectivity index (χ4v) is 3.03. The van der Waals surface area contributed by atoms with Gasteiger partial charge in [-0.1, -0.05) is 12.1 Å². The van der Waals surface area contributed by atoms with Gasteiger partial charge in [0.25, 0.3) is 11.7 Å². The number of carbonyl (C=O) groups excluding carboxylic acids is 2. The van der Waals surface area contributed by atoms with Crippen LogP contribution in [0, 0.1) is 0 Å². The summed E-state index contributed by atoms with van der Waals surface area (Å²) < 4.78 is 10.2. The number of hydrogen-bond donors (Lipinski definition) is 1. The zero-order valence-corrected chi connectivity index (χ0v) is 14.7. The molecule has 2 aromatic rings. The van der Waals surface area contributed by atoms with Crippen LogP contribution in [0.1, 0.15) is 17.2 Å². The van der Waals surface area contributed by atoms with Gasteiger partial charge in [-0.25, -0.2) is 0 Å². The topological polar surface area (TPSA) is 76.1 Å². The average Bonchev–Trinajstić information content (AvgIpc) is 2.91. The third-order valence-electron chi connectivity index (χ3n) is 4.47. The Kier molecular flexibility index (Phi) is 4.67. The van der Waals surface area contributed by atoms with E-state index in [0.717, 1.165) is 0 Å². The molecule has 1 aliphatic rings. The number of Topliss-reactive ketones (excluding diaryl/α,β-unsaturated/α-hetero) is 1. The summed E-state index contributed by atoms with van der Waals surface area (Å²) in [5.74, 6) is -0.278. The second-order valence-electron chi connectivity index (χ2n) is 5.91. The second kappa shape index (κ2) is 6.92. The van der Waals surface area contributed by atoms with Gasteiger partial charge < -0.3 is 19.5 Å². The third kappa shape index (κ3) is 2.90. The lowest BCUT2D eigenvalue weighted by Gasteiger charge is -2.21. The molecule has 26 heavy (non-hydrogen) atoms. The lowest BCUT2D eigenvalue weighted by Crippen LogP contribution is -2.24. The van der Waals surface area contributed by atoms with Crippen LogP contribution in [0.5, 0.6) is 11.5 Å². The normalized spacial score (nSPS) is 18.9. The first kappa shape index (κ1) is 17.5. The summed E-state index contributed by atoms with van der Waals surface area (Å²) in [5.41, 5.74) is 1.21. The number of ketones is 1. The second-order valence-corrected chi connectivity index (χ2v) is 5.91.